The maximum atomic E-state index is 13.1. The van der Waals surface area contributed by atoms with E-state index in [-0.39, 0.29) is 11.0 Å². The first-order valence-corrected chi connectivity index (χ1v) is 9.13. The highest BCUT2D eigenvalue weighted by atomic mass is 16.5. The Morgan fingerprint density at radius 2 is 2.12 bits per heavy atom. The molecule has 1 saturated carbocycles. The zero-order valence-corrected chi connectivity index (χ0v) is 14.3. The fourth-order valence-electron chi connectivity index (χ4n) is 4.44. The molecule has 5 rings (SSSR count). The van der Waals surface area contributed by atoms with Gasteiger partial charge in [-0.05, 0) is 37.7 Å². The average Bonchev–Trinajstić information content (AvgIpc) is 3.01. The Bertz CT molecular complexity index is 769. The number of rotatable bonds is 3. The molecule has 7 nitrogen and oxygen atoms in total. The summed E-state index contributed by atoms with van der Waals surface area (Å²) < 4.78 is 8.21. The van der Waals surface area contributed by atoms with E-state index in [9.17, 15) is 4.79 Å². The molecule has 2 fully saturated rings. The number of carbonyl (C=O) groups excluding carboxylic acids is 1. The predicted octanol–water partition coefficient (Wildman–Crippen LogP) is 1.48. The molecule has 4 heterocycles. The summed E-state index contributed by atoms with van der Waals surface area (Å²) in [5.74, 6) is 0.302. The standard InChI is InChI=1S/C18H23N5O2/c24-16(17(2-3-17)12-22-9-6-19-13-22)23-7-4-18(5-8-23)15-14(1-10-25-18)11-20-21-15/h6,9,11,13H,1-5,7-8,10,12H2,(H,20,21). The molecule has 0 atom stereocenters. The molecular weight excluding hydrogens is 318 g/mol. The van der Waals surface area contributed by atoms with E-state index in [4.69, 9.17) is 4.74 Å². The van der Waals surface area contributed by atoms with Gasteiger partial charge < -0.3 is 14.2 Å². The second-order valence-corrected chi connectivity index (χ2v) is 7.67. The maximum Gasteiger partial charge on any atom is 0.230 e. The summed E-state index contributed by atoms with van der Waals surface area (Å²) in [6, 6.07) is 0. The first-order chi connectivity index (χ1) is 12.2. The number of H-pyrrole nitrogens is 1. The summed E-state index contributed by atoms with van der Waals surface area (Å²) >= 11 is 0. The number of aromatic nitrogens is 4. The second-order valence-electron chi connectivity index (χ2n) is 7.67. The molecule has 1 aliphatic carbocycles. The molecular formula is C18H23N5O2. The smallest absolute Gasteiger partial charge is 0.230 e. The van der Waals surface area contributed by atoms with E-state index in [0.29, 0.717) is 5.91 Å². The Hall–Kier alpha value is -2.15. The highest BCUT2D eigenvalue weighted by Gasteiger charge is 2.53. The number of ether oxygens (including phenoxy) is 1. The van der Waals surface area contributed by atoms with Crippen LogP contribution in [0.15, 0.2) is 24.9 Å². The first-order valence-electron chi connectivity index (χ1n) is 9.13. The molecule has 2 aromatic rings. The van der Waals surface area contributed by atoms with Crippen molar-refractivity contribution in [2.75, 3.05) is 19.7 Å². The van der Waals surface area contributed by atoms with Crippen LogP contribution in [0, 0.1) is 5.41 Å². The van der Waals surface area contributed by atoms with Gasteiger partial charge in [0.15, 0.2) is 0 Å². The SMILES string of the molecule is O=C(N1CCC2(CC1)OCCc1cn[nH]c12)C1(Cn2ccnc2)CC1. The molecule has 132 valence electrons. The summed E-state index contributed by atoms with van der Waals surface area (Å²) in [7, 11) is 0. The number of fused-ring (bicyclic) bond motifs is 2. The Morgan fingerprint density at radius 3 is 2.84 bits per heavy atom. The molecule has 7 heteroatoms. The van der Waals surface area contributed by atoms with E-state index >= 15 is 0 Å². The van der Waals surface area contributed by atoms with Gasteiger partial charge >= 0.3 is 0 Å². The van der Waals surface area contributed by atoms with Crippen LogP contribution in [0.2, 0.25) is 0 Å². The van der Waals surface area contributed by atoms with Crippen molar-refractivity contribution in [3.8, 4) is 0 Å². The Balaban J connectivity index is 1.29. The monoisotopic (exact) mass is 341 g/mol. The molecule has 3 aliphatic rings. The third kappa shape index (κ3) is 2.40. The van der Waals surface area contributed by atoms with E-state index in [2.05, 4.69) is 15.2 Å². The lowest BCUT2D eigenvalue weighted by atomic mass is 9.83. The number of imidazole rings is 1. The van der Waals surface area contributed by atoms with Crippen LogP contribution in [0.4, 0.5) is 0 Å². The van der Waals surface area contributed by atoms with Gasteiger partial charge in [0.2, 0.25) is 5.91 Å². The van der Waals surface area contributed by atoms with E-state index in [1.165, 1.54) is 5.56 Å². The van der Waals surface area contributed by atoms with Crippen molar-refractivity contribution in [1.29, 1.82) is 0 Å². The number of hydrogen-bond donors (Lipinski definition) is 1. The molecule has 1 saturated heterocycles. The third-order valence-electron chi connectivity index (χ3n) is 6.13. The van der Waals surface area contributed by atoms with Crippen LogP contribution in [-0.2, 0) is 28.1 Å². The molecule has 1 spiro atoms. The number of nitrogens with one attached hydrogen (secondary N) is 1. The van der Waals surface area contributed by atoms with Crippen molar-refractivity contribution in [3.05, 3.63) is 36.2 Å². The zero-order valence-electron chi connectivity index (χ0n) is 14.3. The van der Waals surface area contributed by atoms with Gasteiger partial charge in [0, 0.05) is 32.0 Å². The average molecular weight is 341 g/mol. The molecule has 0 bridgehead atoms. The maximum absolute atomic E-state index is 13.1. The molecule has 2 aliphatic heterocycles. The van der Waals surface area contributed by atoms with Crippen LogP contribution < -0.4 is 0 Å². The van der Waals surface area contributed by atoms with Crippen LogP contribution >= 0.6 is 0 Å². The second kappa shape index (κ2) is 5.42. The summed E-state index contributed by atoms with van der Waals surface area (Å²) in [6.07, 6.45) is 12.0. The van der Waals surface area contributed by atoms with Crippen LogP contribution in [0.3, 0.4) is 0 Å². The van der Waals surface area contributed by atoms with Crippen molar-refractivity contribution in [1.82, 2.24) is 24.6 Å². The molecule has 1 amide bonds. The van der Waals surface area contributed by atoms with Crippen LogP contribution in [0.5, 0.6) is 0 Å². The van der Waals surface area contributed by atoms with Gasteiger partial charge in [0.1, 0.15) is 5.60 Å². The van der Waals surface area contributed by atoms with Crippen LogP contribution in [0.25, 0.3) is 0 Å². The number of piperidine rings is 1. The van der Waals surface area contributed by atoms with Gasteiger partial charge in [-0.15, -0.1) is 0 Å². The van der Waals surface area contributed by atoms with E-state index in [1.807, 2.05) is 21.9 Å². The topological polar surface area (TPSA) is 76.0 Å². The Morgan fingerprint density at radius 1 is 1.28 bits per heavy atom. The van der Waals surface area contributed by atoms with Crippen molar-refractivity contribution in [2.24, 2.45) is 5.41 Å². The molecule has 0 aromatic carbocycles. The zero-order chi connectivity index (χ0) is 16.9. The minimum absolute atomic E-state index is 0.211. The number of carbonyl (C=O) groups is 1. The summed E-state index contributed by atoms with van der Waals surface area (Å²) in [5.41, 5.74) is 1.91. The number of nitrogens with zero attached hydrogens (tertiary/aromatic N) is 4. The number of likely N-dealkylation sites (tertiary alicyclic amines) is 1. The normalized spacial score (nSPS) is 23.4. The van der Waals surface area contributed by atoms with Gasteiger partial charge in [0.05, 0.1) is 30.2 Å². The minimum Gasteiger partial charge on any atom is -0.368 e. The Labute approximate surface area is 146 Å². The van der Waals surface area contributed by atoms with E-state index in [1.54, 1.807) is 12.5 Å². The lowest BCUT2D eigenvalue weighted by Crippen LogP contribution is -2.50. The van der Waals surface area contributed by atoms with Gasteiger partial charge in [-0.2, -0.15) is 5.10 Å². The van der Waals surface area contributed by atoms with Gasteiger partial charge in [0.25, 0.3) is 0 Å². The third-order valence-corrected chi connectivity index (χ3v) is 6.13. The summed E-state index contributed by atoms with van der Waals surface area (Å²) in [5, 5.41) is 7.35. The lowest BCUT2D eigenvalue weighted by molar-refractivity contribution is -0.147. The molecule has 0 unspecified atom stereocenters. The highest BCUT2D eigenvalue weighted by molar-refractivity contribution is 5.85. The summed E-state index contributed by atoms with van der Waals surface area (Å²) in [4.78, 5) is 19.2. The van der Waals surface area contributed by atoms with E-state index in [0.717, 1.165) is 64.0 Å². The van der Waals surface area contributed by atoms with E-state index < -0.39 is 0 Å². The van der Waals surface area contributed by atoms with Crippen molar-refractivity contribution < 1.29 is 9.53 Å². The fraction of sp³-hybridized carbons (Fsp3) is 0.611. The largest absolute Gasteiger partial charge is 0.368 e. The van der Waals surface area contributed by atoms with Crippen molar-refractivity contribution in [3.63, 3.8) is 0 Å². The number of hydrogen-bond acceptors (Lipinski definition) is 4. The minimum atomic E-state index is -0.276. The van der Waals surface area contributed by atoms with Crippen molar-refractivity contribution in [2.45, 2.75) is 44.2 Å². The number of amides is 1. The molecule has 25 heavy (non-hydrogen) atoms. The first kappa shape index (κ1) is 15.1. The fourth-order valence-corrected chi connectivity index (χ4v) is 4.44. The summed E-state index contributed by atoms with van der Waals surface area (Å²) in [6.45, 7) is 2.99. The van der Waals surface area contributed by atoms with Gasteiger partial charge in [-0.3, -0.25) is 9.89 Å². The lowest BCUT2D eigenvalue weighted by Gasteiger charge is -2.44. The quantitative estimate of drug-likeness (QED) is 0.917. The van der Waals surface area contributed by atoms with Crippen LogP contribution in [-0.4, -0.2) is 50.3 Å². The highest BCUT2D eigenvalue weighted by Crippen LogP contribution is 2.50. The van der Waals surface area contributed by atoms with Gasteiger partial charge in [-0.1, -0.05) is 0 Å². The number of aromatic amines is 1. The predicted molar refractivity (Wildman–Crippen MR) is 89.6 cm³/mol. The van der Waals surface area contributed by atoms with Gasteiger partial charge in [-0.25, -0.2) is 4.98 Å². The molecule has 0 radical (unpaired) electrons. The molecule has 2 aromatic heterocycles. The Kier molecular flexibility index (Phi) is 3.28. The molecule has 1 N–H and O–H groups in total. The van der Waals surface area contributed by atoms with Crippen molar-refractivity contribution >= 4 is 5.91 Å². The van der Waals surface area contributed by atoms with Crippen LogP contribution in [0.1, 0.15) is 36.9 Å².